The monoisotopic (exact) mass is 446 g/mol. The van der Waals surface area contributed by atoms with E-state index >= 15 is 0 Å². The minimum atomic E-state index is -1.62. The average molecular weight is 446 g/mol. The van der Waals surface area contributed by atoms with Gasteiger partial charge in [-0.1, -0.05) is 17.7 Å². The van der Waals surface area contributed by atoms with Crippen LogP contribution in [0.2, 0.25) is 0 Å². The normalized spacial score (nSPS) is 28.8. The topological polar surface area (TPSA) is 163 Å². The number of ether oxygens (including phenoxy) is 3. The highest BCUT2D eigenvalue weighted by Gasteiger charge is 2.46. The molecular weight excluding hydrogens is 412 g/mol. The van der Waals surface area contributed by atoms with E-state index in [0.29, 0.717) is 12.8 Å². The number of esters is 1. The first-order chi connectivity index (χ1) is 14.4. The third-order valence-electron chi connectivity index (χ3n) is 4.90. The number of carboxylic acid groups (broad SMARTS) is 1. The minimum absolute atomic E-state index is 0.494. The van der Waals surface area contributed by atoms with Crippen molar-refractivity contribution in [3.63, 3.8) is 0 Å². The third-order valence-corrected chi connectivity index (χ3v) is 4.90. The quantitative estimate of drug-likeness (QED) is 0.208. The van der Waals surface area contributed by atoms with E-state index in [1.807, 2.05) is 19.9 Å². The molecule has 1 heterocycles. The molecule has 10 heteroatoms. The Morgan fingerprint density at radius 3 is 2.35 bits per heavy atom. The van der Waals surface area contributed by atoms with Crippen molar-refractivity contribution >= 4 is 11.9 Å². The van der Waals surface area contributed by atoms with Gasteiger partial charge in [-0.05, 0) is 33.6 Å². The van der Waals surface area contributed by atoms with Gasteiger partial charge in [-0.15, -0.1) is 6.58 Å². The Morgan fingerprint density at radius 2 is 1.81 bits per heavy atom. The summed E-state index contributed by atoms with van der Waals surface area (Å²) in [5.74, 6) is -2.17. The van der Waals surface area contributed by atoms with E-state index in [-0.39, 0.29) is 0 Å². The first-order valence-corrected chi connectivity index (χ1v) is 10.1. The van der Waals surface area contributed by atoms with Gasteiger partial charge in [-0.2, -0.15) is 0 Å². The van der Waals surface area contributed by atoms with Gasteiger partial charge >= 0.3 is 11.9 Å². The zero-order valence-corrected chi connectivity index (χ0v) is 18.1. The summed E-state index contributed by atoms with van der Waals surface area (Å²) in [5, 5.41) is 48.7. The largest absolute Gasteiger partial charge is 0.481 e. The summed E-state index contributed by atoms with van der Waals surface area (Å²) in [6, 6.07) is 0. The molecule has 1 aliphatic rings. The second-order valence-corrected chi connectivity index (χ2v) is 8.11. The number of aliphatic hydroxyl groups excluding tert-OH is 4. The highest BCUT2D eigenvalue weighted by Crippen LogP contribution is 2.29. The van der Waals surface area contributed by atoms with Crippen LogP contribution in [0.15, 0.2) is 24.3 Å². The number of aliphatic hydroxyl groups is 4. The second kappa shape index (κ2) is 12.3. The minimum Gasteiger partial charge on any atom is -0.481 e. The zero-order chi connectivity index (χ0) is 23.8. The lowest BCUT2D eigenvalue weighted by Gasteiger charge is -2.43. The van der Waals surface area contributed by atoms with Gasteiger partial charge in [0.15, 0.2) is 6.29 Å². The molecule has 7 atom stereocenters. The van der Waals surface area contributed by atoms with Crippen molar-refractivity contribution in [3.8, 4) is 0 Å². The van der Waals surface area contributed by atoms with Gasteiger partial charge < -0.3 is 39.7 Å². The van der Waals surface area contributed by atoms with Crippen molar-refractivity contribution in [2.45, 2.75) is 88.9 Å². The summed E-state index contributed by atoms with van der Waals surface area (Å²) >= 11 is 0. The number of carbonyl (C=O) groups is 2. The first kappa shape index (κ1) is 27.2. The van der Waals surface area contributed by atoms with Crippen LogP contribution < -0.4 is 0 Å². The molecule has 1 rings (SSSR count). The SMILES string of the molecule is C=C[C@](C)(CCC=C(C)C)O[C@@H]1O[C@H](COC(=O)C[C@H](O)CC(=O)O)[C@@H](O)[C@H](O)[C@H]1O. The van der Waals surface area contributed by atoms with Crippen LogP contribution in [0.4, 0.5) is 0 Å². The van der Waals surface area contributed by atoms with E-state index in [1.54, 1.807) is 13.0 Å². The number of carbonyl (C=O) groups excluding carboxylic acids is 1. The molecule has 31 heavy (non-hydrogen) atoms. The number of carboxylic acids is 1. The van der Waals surface area contributed by atoms with Crippen molar-refractivity contribution in [1.82, 2.24) is 0 Å². The Morgan fingerprint density at radius 1 is 1.16 bits per heavy atom. The Kier molecular flexibility index (Phi) is 10.8. The molecule has 1 aliphatic heterocycles. The van der Waals surface area contributed by atoms with Crippen LogP contribution in [0, 0.1) is 0 Å². The Labute approximate surface area is 181 Å². The molecular formula is C21H34O10. The Balaban J connectivity index is 2.73. The molecule has 0 aromatic heterocycles. The van der Waals surface area contributed by atoms with Crippen molar-refractivity contribution in [2.75, 3.05) is 6.61 Å². The molecule has 0 spiro atoms. The molecule has 178 valence electrons. The molecule has 1 saturated heterocycles. The van der Waals surface area contributed by atoms with E-state index < -0.39 is 73.8 Å². The maximum atomic E-state index is 11.8. The smallest absolute Gasteiger partial charge is 0.308 e. The van der Waals surface area contributed by atoms with Gasteiger partial charge in [-0.3, -0.25) is 9.59 Å². The molecule has 0 radical (unpaired) electrons. The van der Waals surface area contributed by atoms with E-state index in [9.17, 15) is 30.0 Å². The first-order valence-electron chi connectivity index (χ1n) is 10.1. The molecule has 0 aliphatic carbocycles. The Bertz CT molecular complexity index is 644. The van der Waals surface area contributed by atoms with Gasteiger partial charge in [0.05, 0.1) is 24.5 Å². The summed E-state index contributed by atoms with van der Waals surface area (Å²) in [6.07, 6.45) is -5.09. The zero-order valence-electron chi connectivity index (χ0n) is 18.1. The maximum Gasteiger partial charge on any atom is 0.308 e. The molecule has 0 saturated carbocycles. The summed E-state index contributed by atoms with van der Waals surface area (Å²) in [5.41, 5.74) is 0.233. The van der Waals surface area contributed by atoms with Gasteiger partial charge in [0.25, 0.3) is 0 Å². The van der Waals surface area contributed by atoms with Crippen molar-refractivity contribution in [1.29, 1.82) is 0 Å². The standard InChI is InChI=1S/C21H34O10/c1-5-21(4,8-6-7-12(2)3)31-20-19(28)18(27)17(26)14(30-20)11-29-16(25)10-13(22)9-15(23)24/h5,7,13-14,17-20,22,26-28H,1,6,8-11H2,2-4H3,(H,23,24)/t13-,14-,17-,18+,19-,20+,21-/m1/s1. The molecule has 0 bridgehead atoms. The van der Waals surface area contributed by atoms with Crippen LogP contribution in [0.3, 0.4) is 0 Å². The molecule has 0 amide bonds. The predicted molar refractivity (Wildman–Crippen MR) is 109 cm³/mol. The molecule has 5 N–H and O–H groups in total. The maximum absolute atomic E-state index is 11.8. The second-order valence-electron chi connectivity index (χ2n) is 8.11. The number of aliphatic carboxylic acids is 1. The average Bonchev–Trinajstić information content (AvgIpc) is 2.66. The molecule has 0 aromatic carbocycles. The highest BCUT2D eigenvalue weighted by molar-refractivity contribution is 5.72. The third kappa shape index (κ3) is 9.06. The fourth-order valence-corrected chi connectivity index (χ4v) is 2.97. The van der Waals surface area contributed by atoms with Crippen LogP contribution in [0.1, 0.15) is 46.5 Å². The number of hydrogen-bond acceptors (Lipinski definition) is 9. The number of allylic oxidation sites excluding steroid dienone is 2. The Hall–Kier alpha value is -1.82. The van der Waals surface area contributed by atoms with E-state index in [1.165, 1.54) is 0 Å². The van der Waals surface area contributed by atoms with Gasteiger partial charge in [0.1, 0.15) is 31.0 Å². The lowest BCUT2D eigenvalue weighted by atomic mass is 9.96. The lowest BCUT2D eigenvalue weighted by molar-refractivity contribution is -0.320. The van der Waals surface area contributed by atoms with Crippen LogP contribution in [-0.4, -0.2) is 86.5 Å². The highest BCUT2D eigenvalue weighted by atomic mass is 16.7. The summed E-state index contributed by atoms with van der Waals surface area (Å²) in [6.45, 7) is 8.92. The number of hydrogen-bond donors (Lipinski definition) is 5. The van der Waals surface area contributed by atoms with Crippen LogP contribution in [-0.2, 0) is 23.8 Å². The van der Waals surface area contributed by atoms with Gasteiger partial charge in [-0.25, -0.2) is 0 Å². The van der Waals surface area contributed by atoms with Crippen LogP contribution in [0.5, 0.6) is 0 Å². The van der Waals surface area contributed by atoms with Gasteiger partial charge in [0, 0.05) is 0 Å². The van der Waals surface area contributed by atoms with Crippen LogP contribution in [0.25, 0.3) is 0 Å². The predicted octanol–water partition coefficient (Wildman–Crippen LogP) is 0.271. The molecule has 1 fully saturated rings. The van der Waals surface area contributed by atoms with E-state index in [4.69, 9.17) is 19.3 Å². The van der Waals surface area contributed by atoms with Crippen LogP contribution >= 0.6 is 0 Å². The van der Waals surface area contributed by atoms with E-state index in [0.717, 1.165) is 5.57 Å². The molecule has 0 unspecified atom stereocenters. The molecule has 10 nitrogen and oxygen atoms in total. The summed E-state index contributed by atoms with van der Waals surface area (Å²) in [7, 11) is 0. The van der Waals surface area contributed by atoms with Crippen molar-refractivity contribution in [3.05, 3.63) is 24.3 Å². The lowest BCUT2D eigenvalue weighted by Crippen LogP contribution is -2.60. The fourth-order valence-electron chi connectivity index (χ4n) is 2.97. The number of rotatable bonds is 12. The van der Waals surface area contributed by atoms with Gasteiger partial charge in [0.2, 0.25) is 0 Å². The fraction of sp³-hybridized carbons (Fsp3) is 0.714. The van der Waals surface area contributed by atoms with Crippen molar-refractivity contribution < 1.29 is 49.3 Å². The van der Waals surface area contributed by atoms with Crippen molar-refractivity contribution in [2.24, 2.45) is 0 Å². The van der Waals surface area contributed by atoms with E-state index in [2.05, 4.69) is 6.58 Å². The molecule has 0 aromatic rings. The summed E-state index contributed by atoms with van der Waals surface area (Å²) < 4.78 is 16.3. The summed E-state index contributed by atoms with van der Waals surface area (Å²) in [4.78, 5) is 22.3.